The van der Waals surface area contributed by atoms with Crippen LogP contribution in [0.4, 0.5) is 11.4 Å². The first-order valence-electron chi connectivity index (χ1n) is 6.85. The van der Waals surface area contributed by atoms with Gasteiger partial charge in [-0.15, -0.1) is 0 Å². The van der Waals surface area contributed by atoms with Crippen LogP contribution in [0.3, 0.4) is 0 Å². The van der Waals surface area contributed by atoms with E-state index >= 15 is 0 Å². The summed E-state index contributed by atoms with van der Waals surface area (Å²) in [5.74, 6) is -0.371. The zero-order valence-corrected chi connectivity index (χ0v) is 12.4. The molecule has 0 radical (unpaired) electrons. The molecule has 0 aliphatic carbocycles. The molecule has 0 aliphatic rings. The second-order valence-corrected chi connectivity index (χ2v) is 4.89. The molecule has 0 aromatic heterocycles. The lowest BCUT2D eigenvalue weighted by Gasteiger charge is -2.23. The predicted molar refractivity (Wildman–Crippen MR) is 85.6 cm³/mol. The maximum atomic E-state index is 11.9. The molecule has 4 nitrogen and oxygen atoms in total. The number of hydrogen-bond acceptors (Lipinski definition) is 4. The second-order valence-electron chi connectivity index (χ2n) is 4.89. The van der Waals surface area contributed by atoms with Crippen LogP contribution in [-0.2, 0) is 11.2 Å². The summed E-state index contributed by atoms with van der Waals surface area (Å²) in [6.07, 6.45) is 0.881. The fourth-order valence-corrected chi connectivity index (χ4v) is 2.32. The summed E-state index contributed by atoms with van der Waals surface area (Å²) in [5.41, 5.74) is 9.08. The topological polar surface area (TPSA) is 55.6 Å². The Morgan fingerprint density at radius 3 is 2.52 bits per heavy atom. The Morgan fingerprint density at radius 2 is 1.86 bits per heavy atom. The van der Waals surface area contributed by atoms with Crippen molar-refractivity contribution in [1.82, 2.24) is 0 Å². The number of para-hydroxylation sites is 1. The maximum Gasteiger partial charge on any atom is 0.340 e. The highest BCUT2D eigenvalue weighted by atomic mass is 16.5. The lowest BCUT2D eigenvalue weighted by atomic mass is 10.1. The highest BCUT2D eigenvalue weighted by Gasteiger charge is 2.17. The minimum absolute atomic E-state index is 0.371. The average molecular weight is 284 g/mol. The van der Waals surface area contributed by atoms with E-state index in [4.69, 9.17) is 10.5 Å². The Balaban J connectivity index is 2.18. The maximum absolute atomic E-state index is 11.9. The van der Waals surface area contributed by atoms with Crippen LogP contribution < -0.4 is 10.6 Å². The fraction of sp³-hybridized carbons (Fsp3) is 0.235. The van der Waals surface area contributed by atoms with Crippen molar-refractivity contribution in [3.8, 4) is 0 Å². The van der Waals surface area contributed by atoms with E-state index in [0.29, 0.717) is 11.3 Å². The summed E-state index contributed by atoms with van der Waals surface area (Å²) in [6, 6.07) is 15.5. The molecule has 110 valence electrons. The fourth-order valence-electron chi connectivity index (χ4n) is 2.32. The van der Waals surface area contributed by atoms with E-state index in [9.17, 15) is 4.79 Å². The van der Waals surface area contributed by atoms with Gasteiger partial charge in [-0.3, -0.25) is 0 Å². The number of nitrogens with two attached hydrogens (primary N) is 1. The summed E-state index contributed by atoms with van der Waals surface area (Å²) in [4.78, 5) is 13.9. The highest BCUT2D eigenvalue weighted by Crippen LogP contribution is 2.27. The lowest BCUT2D eigenvalue weighted by Crippen LogP contribution is -2.24. The molecule has 2 rings (SSSR count). The third kappa shape index (κ3) is 3.54. The van der Waals surface area contributed by atoms with Crippen molar-refractivity contribution >= 4 is 17.3 Å². The molecular formula is C17H20N2O2. The van der Waals surface area contributed by atoms with Crippen molar-refractivity contribution in [3.05, 3.63) is 59.7 Å². The number of nitrogens with zero attached hydrogens (tertiary/aromatic N) is 1. The standard InChI is InChI=1S/C17H20N2O2/c1-19(12-11-13-7-4-3-5-8-13)16-14(17(20)21-2)9-6-10-15(16)18/h3-10H,11-12,18H2,1-2H3. The second kappa shape index (κ2) is 6.79. The molecule has 0 saturated heterocycles. The number of esters is 1. The van der Waals surface area contributed by atoms with Gasteiger partial charge in [-0.25, -0.2) is 4.79 Å². The summed E-state index contributed by atoms with van der Waals surface area (Å²) >= 11 is 0. The van der Waals surface area contributed by atoms with Crippen molar-refractivity contribution < 1.29 is 9.53 Å². The molecule has 0 aliphatic heterocycles. The number of rotatable bonds is 5. The molecule has 2 aromatic rings. The third-order valence-electron chi connectivity index (χ3n) is 3.43. The van der Waals surface area contributed by atoms with Gasteiger partial charge in [0, 0.05) is 13.6 Å². The molecule has 2 N–H and O–H groups in total. The largest absolute Gasteiger partial charge is 0.465 e. The number of carbonyl (C=O) groups is 1. The third-order valence-corrected chi connectivity index (χ3v) is 3.43. The quantitative estimate of drug-likeness (QED) is 0.677. The van der Waals surface area contributed by atoms with E-state index in [0.717, 1.165) is 18.7 Å². The molecule has 0 atom stereocenters. The van der Waals surface area contributed by atoms with Crippen molar-refractivity contribution in [1.29, 1.82) is 0 Å². The van der Waals surface area contributed by atoms with Crippen molar-refractivity contribution in [3.63, 3.8) is 0 Å². The Kier molecular flexibility index (Phi) is 4.82. The van der Waals surface area contributed by atoms with Gasteiger partial charge >= 0.3 is 5.97 Å². The van der Waals surface area contributed by atoms with Crippen molar-refractivity contribution in [2.24, 2.45) is 0 Å². The van der Waals surface area contributed by atoms with Gasteiger partial charge in [-0.1, -0.05) is 36.4 Å². The Morgan fingerprint density at radius 1 is 1.14 bits per heavy atom. The van der Waals surface area contributed by atoms with Crippen LogP contribution in [0.5, 0.6) is 0 Å². The Hall–Kier alpha value is -2.49. The number of nitrogen functional groups attached to an aromatic ring is 1. The summed E-state index contributed by atoms with van der Waals surface area (Å²) in [7, 11) is 3.31. The Labute approximate surface area is 125 Å². The normalized spacial score (nSPS) is 10.2. The van der Waals surface area contributed by atoms with Gasteiger partial charge in [0.2, 0.25) is 0 Å². The molecule has 0 fully saturated rings. The smallest absolute Gasteiger partial charge is 0.340 e. The minimum atomic E-state index is -0.371. The van der Waals surface area contributed by atoms with Crippen LogP contribution in [0.15, 0.2) is 48.5 Å². The minimum Gasteiger partial charge on any atom is -0.465 e. The molecule has 21 heavy (non-hydrogen) atoms. The molecular weight excluding hydrogens is 264 g/mol. The van der Waals surface area contributed by atoms with Crippen molar-refractivity contribution in [2.75, 3.05) is 31.3 Å². The first kappa shape index (κ1) is 14.9. The number of methoxy groups -OCH3 is 1. The summed E-state index contributed by atoms with van der Waals surface area (Å²) in [6.45, 7) is 0.766. The van der Waals surface area contributed by atoms with Crippen LogP contribution in [0.25, 0.3) is 0 Å². The first-order chi connectivity index (χ1) is 10.1. The van der Waals surface area contributed by atoms with Gasteiger partial charge in [0.1, 0.15) is 0 Å². The van der Waals surface area contributed by atoms with Gasteiger partial charge in [0.05, 0.1) is 24.0 Å². The zero-order valence-electron chi connectivity index (χ0n) is 12.4. The zero-order chi connectivity index (χ0) is 15.2. The molecule has 0 heterocycles. The molecule has 0 unspecified atom stereocenters. The van der Waals surface area contributed by atoms with Gasteiger partial charge in [0.15, 0.2) is 0 Å². The SMILES string of the molecule is COC(=O)c1cccc(N)c1N(C)CCc1ccccc1. The molecule has 0 bridgehead atoms. The molecule has 4 heteroatoms. The first-order valence-corrected chi connectivity index (χ1v) is 6.85. The molecule has 0 saturated carbocycles. The van der Waals surface area contributed by atoms with Crippen molar-refractivity contribution in [2.45, 2.75) is 6.42 Å². The molecule has 0 spiro atoms. The van der Waals surface area contributed by atoms with Crippen LogP contribution in [0, 0.1) is 0 Å². The van der Waals surface area contributed by atoms with Crippen LogP contribution in [-0.4, -0.2) is 26.7 Å². The van der Waals surface area contributed by atoms with E-state index in [1.165, 1.54) is 12.7 Å². The van der Waals surface area contributed by atoms with E-state index in [-0.39, 0.29) is 5.97 Å². The lowest BCUT2D eigenvalue weighted by molar-refractivity contribution is 0.0601. The number of hydrogen-bond donors (Lipinski definition) is 1. The van der Waals surface area contributed by atoms with E-state index in [2.05, 4.69) is 12.1 Å². The average Bonchev–Trinajstić information content (AvgIpc) is 2.52. The molecule has 2 aromatic carbocycles. The van der Waals surface area contributed by atoms with Crippen LogP contribution in [0.2, 0.25) is 0 Å². The number of ether oxygens (including phenoxy) is 1. The predicted octanol–water partition coefficient (Wildman–Crippen LogP) is 2.73. The molecule has 0 amide bonds. The van der Waals surface area contributed by atoms with Gasteiger partial charge in [-0.05, 0) is 24.1 Å². The number of likely N-dealkylation sites (N-methyl/N-ethyl adjacent to an activating group) is 1. The number of benzene rings is 2. The van der Waals surface area contributed by atoms with Gasteiger partial charge in [-0.2, -0.15) is 0 Å². The van der Waals surface area contributed by atoms with Crippen LogP contribution >= 0.6 is 0 Å². The van der Waals surface area contributed by atoms with E-state index < -0.39 is 0 Å². The Bertz CT molecular complexity index is 611. The van der Waals surface area contributed by atoms with Gasteiger partial charge < -0.3 is 15.4 Å². The monoisotopic (exact) mass is 284 g/mol. The number of anilines is 2. The van der Waals surface area contributed by atoms with Gasteiger partial charge in [0.25, 0.3) is 0 Å². The van der Waals surface area contributed by atoms with E-state index in [1.807, 2.05) is 30.1 Å². The summed E-state index contributed by atoms with van der Waals surface area (Å²) in [5, 5.41) is 0. The highest BCUT2D eigenvalue weighted by molar-refractivity contribution is 5.99. The number of carbonyl (C=O) groups excluding carboxylic acids is 1. The van der Waals surface area contributed by atoms with E-state index in [1.54, 1.807) is 18.2 Å². The van der Waals surface area contributed by atoms with Crippen LogP contribution in [0.1, 0.15) is 15.9 Å². The summed E-state index contributed by atoms with van der Waals surface area (Å²) < 4.78 is 4.82.